The molecule has 0 fully saturated rings. The van der Waals surface area contributed by atoms with E-state index in [1.807, 2.05) is 0 Å². The van der Waals surface area contributed by atoms with Crippen molar-refractivity contribution in [1.82, 2.24) is 0 Å². The van der Waals surface area contributed by atoms with Gasteiger partial charge >= 0.3 is 29.6 Å². The van der Waals surface area contributed by atoms with Crippen LogP contribution in [-0.4, -0.2) is 51.6 Å². The zero-order chi connectivity index (χ0) is 102. The molecular weight excluding hydrogens is 2090 g/mol. The third kappa shape index (κ3) is 23.6. The van der Waals surface area contributed by atoms with Crippen molar-refractivity contribution in [3.63, 3.8) is 0 Å². The quantitative estimate of drug-likeness (QED) is 0.0179. The summed E-state index contributed by atoms with van der Waals surface area (Å²) < 4.78 is 588. The van der Waals surface area contributed by atoms with Crippen LogP contribution in [-0.2, 0) is 0 Å². The molecule has 0 saturated heterocycles. The van der Waals surface area contributed by atoms with E-state index in [1.54, 1.807) is 14.7 Å². The Balaban J connectivity index is 0.000000394. The Bertz CT molecular complexity index is 4880. The Hall–Kier alpha value is -9.41. The maximum atomic E-state index is 15.4. The fourth-order valence-corrected chi connectivity index (χ4v) is 15.4. The van der Waals surface area contributed by atoms with Crippen LogP contribution in [0.1, 0.15) is 119 Å². The van der Waals surface area contributed by atoms with Gasteiger partial charge in [-0.1, -0.05) is 135 Å². The number of hydrogen-bond donors (Lipinski definition) is 3. The monoisotopic (exact) mass is 2160 g/mol. The van der Waals surface area contributed by atoms with Crippen LogP contribution in [0.25, 0.3) is 0 Å². The fourth-order valence-electron chi connectivity index (χ4n) is 15.4. The summed E-state index contributed by atoms with van der Waals surface area (Å²) in [6, 6.07) is 32.7. The molecule has 138 heavy (non-hydrogen) atoms. The van der Waals surface area contributed by atoms with E-state index in [0.29, 0.717) is 0 Å². The maximum absolute atomic E-state index is 15.4. The van der Waals surface area contributed by atoms with Gasteiger partial charge in [-0.25, -0.2) is 176 Å². The van der Waals surface area contributed by atoms with Gasteiger partial charge in [0.1, 0.15) is 122 Å². The van der Waals surface area contributed by atoms with Crippen molar-refractivity contribution >= 4 is 90.0 Å². The molecule has 748 valence electrons. The van der Waals surface area contributed by atoms with Crippen LogP contribution in [0.3, 0.4) is 0 Å². The molecular formula is C90H73B2Br2F40N3Na+. The molecule has 3 N–H and O–H groups in total. The number of unbranched alkanes of at least 4 members (excludes halogenated alkanes) is 6. The number of nitrogens with one attached hydrogen (secondary N) is 3. The van der Waals surface area contributed by atoms with Crippen molar-refractivity contribution in [3.8, 4) is 0 Å². The molecule has 0 amide bonds. The molecule has 11 aromatic carbocycles. The van der Waals surface area contributed by atoms with Gasteiger partial charge in [-0.15, -0.1) is 60.7 Å². The van der Waals surface area contributed by atoms with E-state index in [2.05, 4.69) is 133 Å². The van der Waals surface area contributed by atoms with Crippen LogP contribution >= 0.6 is 17.0 Å². The van der Waals surface area contributed by atoms with Crippen LogP contribution in [0, 0.1) is 233 Å². The molecule has 0 aromatic heterocycles. The minimum atomic E-state index is -7.22. The van der Waals surface area contributed by atoms with E-state index in [4.69, 9.17) is 0 Å². The maximum Gasteiger partial charge on any atom is 1.00 e. The van der Waals surface area contributed by atoms with Crippen molar-refractivity contribution in [1.29, 1.82) is 0 Å². The van der Waals surface area contributed by atoms with Gasteiger partial charge in [-0.2, -0.15) is 0 Å². The molecule has 0 radical (unpaired) electrons. The van der Waals surface area contributed by atoms with Gasteiger partial charge in [0.15, 0.2) is 140 Å². The molecule has 3 nitrogen and oxygen atoms in total. The first-order valence-electron chi connectivity index (χ1n) is 40.7. The minimum absolute atomic E-state index is 0. The van der Waals surface area contributed by atoms with Crippen molar-refractivity contribution in [2.45, 2.75) is 119 Å². The van der Waals surface area contributed by atoms with Crippen molar-refractivity contribution in [3.05, 3.63) is 324 Å². The van der Waals surface area contributed by atoms with E-state index < -0.39 is 289 Å². The van der Waals surface area contributed by atoms with Crippen molar-refractivity contribution < 1.29 is 237 Å². The number of quaternary nitrogens is 3. The normalized spacial score (nSPS) is 11.4. The molecule has 48 heteroatoms. The minimum Gasteiger partial charge on any atom is -1.00 e. The topological polar surface area (TPSA) is 13.3 Å². The summed E-state index contributed by atoms with van der Waals surface area (Å²) in [5.74, 6) is -143. The zero-order valence-corrected chi connectivity index (χ0v) is 77.7. The van der Waals surface area contributed by atoms with E-state index in [0.717, 1.165) is 0 Å². The van der Waals surface area contributed by atoms with Gasteiger partial charge in [-0.3, -0.25) is 0 Å². The Morgan fingerprint density at radius 2 is 0.246 bits per heavy atom. The van der Waals surface area contributed by atoms with Gasteiger partial charge in [0.05, 0.1) is 39.3 Å². The number of hydrogen-bond acceptors (Lipinski definition) is 0. The summed E-state index contributed by atoms with van der Waals surface area (Å²) in [6.45, 7) is 21.3. The molecule has 11 rings (SSSR count). The van der Waals surface area contributed by atoms with Gasteiger partial charge in [0.25, 0.3) is 0 Å². The molecule has 0 unspecified atom stereocenters. The van der Waals surface area contributed by atoms with Crippen LogP contribution < -0.4 is 105 Å². The zero-order valence-electron chi connectivity index (χ0n) is 72.4. The predicted octanol–water partition coefficient (Wildman–Crippen LogP) is 14.7. The largest absolute Gasteiger partial charge is 1.00 e. The van der Waals surface area contributed by atoms with Crippen molar-refractivity contribution in [2.75, 3.05) is 39.3 Å². The van der Waals surface area contributed by atoms with Gasteiger partial charge in [-0.05, 0) is 74.9 Å². The Morgan fingerprint density at radius 3 is 0.333 bits per heavy atom. The second kappa shape index (κ2) is 52.4. The first-order valence-corrected chi connectivity index (χ1v) is 40.7. The smallest absolute Gasteiger partial charge is 1.00 e. The Morgan fingerprint density at radius 1 is 0.159 bits per heavy atom. The van der Waals surface area contributed by atoms with Crippen LogP contribution in [0.15, 0.2) is 91.0 Å². The molecule has 0 spiro atoms. The summed E-state index contributed by atoms with van der Waals surface area (Å²) in [6.07, 6.45) is 1.29. The first kappa shape index (κ1) is 121. The van der Waals surface area contributed by atoms with E-state index in [1.165, 1.54) is 133 Å². The number of rotatable bonds is 29. The Kier molecular flexibility index (Phi) is 45.9. The third-order valence-electron chi connectivity index (χ3n) is 22.0. The SMILES string of the molecule is Br.CCCC[NH+](CCCC)c1ccccc1.CCCC[NH+](CCCC)c1ccccc1.CCCC[NH+](CCCC)c1ccccc1.Fc1c(F)c(F)c([B-](c2c(F)c(F)c(F)c(F)c2F)(c2c(F)c(F)c(F)c(F)c2F)c2c(F)c(F)c(F)c(F)c2F)c(F)c1F.Fc1c(F)c(F)c([B-](c2c(F)c(F)c(F)c(F)c2F)(c2c(F)c(F)c(F)c(F)c2F)c2c(F)c(F)c(F)c(F)c2F)c(F)c1F.[Br-].[Na+]. The summed E-state index contributed by atoms with van der Waals surface area (Å²) >= 11 is 0. The standard InChI is InChI=1S/2C24BF20.3C14H23N.2BrH.Na/c2*26-5-1(6(27)14(35)21(42)13(5)34)25(2-7(28)15(36)22(43)16(37)8(2)29,3-9(30)17(38)23(44)18(39)10(3)31)4-11(32)19(40)24(45)20(41)12(4)33;3*1-3-5-12-15(13-6-4-2)14-10-8-7-9-11-14;;;/h;;3*7-11H,3-6,12-13H2,1-2H3;2*1H;/q2*-1;;;;;;+1/p+2. The van der Waals surface area contributed by atoms with Gasteiger partial charge in [0.2, 0.25) is 0 Å². The van der Waals surface area contributed by atoms with E-state index >= 15 is 70.2 Å². The molecule has 0 aliphatic carbocycles. The molecule has 0 aliphatic heterocycles. The second-order valence-corrected chi connectivity index (χ2v) is 30.1. The van der Waals surface area contributed by atoms with Crippen LogP contribution in [0.4, 0.5) is 193 Å². The number of halogens is 42. The molecule has 0 atom stereocenters. The molecule has 0 heterocycles. The summed E-state index contributed by atoms with van der Waals surface area (Å²) in [5, 5.41) is 0. The van der Waals surface area contributed by atoms with Crippen molar-refractivity contribution in [2.24, 2.45) is 0 Å². The molecule has 11 aromatic rings. The third-order valence-corrected chi connectivity index (χ3v) is 22.0. The Labute approximate surface area is 803 Å². The average molecular weight is 2160 g/mol. The first-order chi connectivity index (χ1) is 63.5. The van der Waals surface area contributed by atoms with E-state index in [-0.39, 0.29) is 63.5 Å². The summed E-state index contributed by atoms with van der Waals surface area (Å²) in [5.41, 5.74) is -24.3. The van der Waals surface area contributed by atoms with Gasteiger partial charge < -0.3 is 31.7 Å². The van der Waals surface area contributed by atoms with E-state index in [9.17, 15) is 105 Å². The van der Waals surface area contributed by atoms with Crippen LogP contribution in [0.2, 0.25) is 0 Å². The molecule has 0 bridgehead atoms. The summed E-state index contributed by atoms with van der Waals surface area (Å²) in [4.78, 5) is 4.96. The second-order valence-electron chi connectivity index (χ2n) is 30.1. The number of benzene rings is 11. The molecule has 0 saturated carbocycles. The summed E-state index contributed by atoms with van der Waals surface area (Å²) in [7, 11) is 0. The van der Waals surface area contributed by atoms with Gasteiger partial charge in [0, 0.05) is 0 Å². The average Bonchev–Trinajstić information content (AvgIpc) is 0.683. The van der Waals surface area contributed by atoms with Crippen LogP contribution in [0.5, 0.6) is 0 Å². The number of para-hydroxylation sites is 3. The predicted molar refractivity (Wildman–Crippen MR) is 429 cm³/mol. The molecule has 0 aliphatic rings. The fraction of sp³-hybridized carbons (Fsp3) is 0.267.